The normalized spacial score (nSPS) is 14.8. The molecule has 3 aromatic rings. The Morgan fingerprint density at radius 1 is 1.07 bits per heavy atom. The van der Waals surface area contributed by atoms with E-state index in [4.69, 9.17) is 34.8 Å². The fraction of sp³-hybridized carbons (Fsp3) is 0.222. The Bertz CT molecular complexity index is 1020. The van der Waals surface area contributed by atoms with E-state index in [1.807, 2.05) is 30.3 Å². The van der Waals surface area contributed by atoms with Crippen molar-refractivity contribution < 1.29 is 4.79 Å². The molecule has 1 aliphatic rings. The van der Waals surface area contributed by atoms with Crippen molar-refractivity contribution >= 4 is 57.8 Å². The van der Waals surface area contributed by atoms with Gasteiger partial charge in [-0.2, -0.15) is 9.97 Å². The van der Waals surface area contributed by atoms with Crippen LogP contribution in [0.5, 0.6) is 0 Å². The van der Waals surface area contributed by atoms with E-state index in [1.165, 1.54) is 0 Å². The summed E-state index contributed by atoms with van der Waals surface area (Å²) in [7, 11) is 0. The Morgan fingerprint density at radius 3 is 2.52 bits per heavy atom. The Balaban J connectivity index is 1.88. The fourth-order valence-electron chi connectivity index (χ4n) is 2.88. The van der Waals surface area contributed by atoms with Crippen LogP contribution in [0.15, 0.2) is 36.4 Å². The van der Waals surface area contributed by atoms with Crippen LogP contribution in [0.25, 0.3) is 22.2 Å². The van der Waals surface area contributed by atoms with E-state index in [-0.39, 0.29) is 17.7 Å². The van der Waals surface area contributed by atoms with Crippen LogP contribution in [0.2, 0.25) is 0 Å². The highest BCUT2D eigenvalue weighted by atomic mass is 35.6. The average Bonchev–Trinajstić information content (AvgIpc) is 2.62. The number of hydrogen-bond acceptors (Lipinski definition) is 6. The van der Waals surface area contributed by atoms with Gasteiger partial charge < -0.3 is 10.6 Å². The number of aromatic nitrogens is 3. The highest BCUT2D eigenvalue weighted by Crippen LogP contribution is 2.37. The first-order valence-corrected chi connectivity index (χ1v) is 9.37. The maximum absolute atomic E-state index is 11.8. The molecule has 2 N–H and O–H groups in total. The number of halogens is 3. The fourth-order valence-corrected chi connectivity index (χ4v) is 3.13. The zero-order chi connectivity index (χ0) is 19.0. The molecular formula is C18H14Cl3N5O. The number of carbonyl (C=O) groups excluding carboxylic acids is 1. The SMILES string of the molecule is O=Cc1c(-c2nc(NC3CNC3)nc(C(Cl)(Cl)Cl)n2)ccc2ccccc12. The maximum atomic E-state index is 11.8. The lowest BCUT2D eigenvalue weighted by atomic mass is 9.99. The van der Waals surface area contributed by atoms with Crippen molar-refractivity contribution in [1.29, 1.82) is 0 Å². The van der Waals surface area contributed by atoms with E-state index in [0.717, 1.165) is 30.1 Å². The summed E-state index contributed by atoms with van der Waals surface area (Å²) in [5.74, 6) is 0.573. The third-order valence-corrected chi connectivity index (χ3v) is 4.84. The van der Waals surface area contributed by atoms with E-state index < -0.39 is 3.79 Å². The molecule has 1 aliphatic heterocycles. The molecule has 138 valence electrons. The van der Waals surface area contributed by atoms with Gasteiger partial charge in [-0.3, -0.25) is 4.79 Å². The summed E-state index contributed by atoms with van der Waals surface area (Å²) in [6, 6.07) is 11.5. The predicted octanol–water partition coefficient (Wildman–Crippen LogP) is 3.71. The monoisotopic (exact) mass is 421 g/mol. The molecule has 27 heavy (non-hydrogen) atoms. The number of benzene rings is 2. The molecule has 9 heteroatoms. The molecule has 0 bridgehead atoms. The molecule has 0 amide bonds. The Labute approximate surface area is 170 Å². The van der Waals surface area contributed by atoms with Crippen molar-refractivity contribution in [3.8, 4) is 11.4 Å². The van der Waals surface area contributed by atoms with Crippen LogP contribution in [0.3, 0.4) is 0 Å². The quantitative estimate of drug-likeness (QED) is 0.493. The minimum absolute atomic E-state index is 0.00251. The van der Waals surface area contributed by atoms with Crippen molar-refractivity contribution in [3.63, 3.8) is 0 Å². The number of nitrogens with one attached hydrogen (secondary N) is 2. The van der Waals surface area contributed by atoms with Gasteiger partial charge >= 0.3 is 0 Å². The molecule has 0 unspecified atom stereocenters. The van der Waals surface area contributed by atoms with E-state index in [1.54, 1.807) is 6.07 Å². The molecule has 6 nitrogen and oxygen atoms in total. The van der Waals surface area contributed by atoms with Gasteiger partial charge in [0.1, 0.15) is 0 Å². The van der Waals surface area contributed by atoms with Gasteiger partial charge in [0.2, 0.25) is 9.74 Å². The molecule has 1 saturated heterocycles. The smallest absolute Gasteiger partial charge is 0.250 e. The van der Waals surface area contributed by atoms with Gasteiger partial charge in [0.25, 0.3) is 0 Å². The second-order valence-electron chi connectivity index (χ2n) is 6.17. The molecular weight excluding hydrogens is 409 g/mol. The Hall–Kier alpha value is -1.99. The molecule has 0 aliphatic carbocycles. The summed E-state index contributed by atoms with van der Waals surface area (Å²) in [4.78, 5) is 24.8. The molecule has 2 aromatic carbocycles. The van der Waals surface area contributed by atoms with Crippen molar-refractivity contribution in [2.24, 2.45) is 0 Å². The van der Waals surface area contributed by atoms with E-state index in [9.17, 15) is 4.79 Å². The standard InChI is InChI=1S/C18H14Cl3N5O/c19-18(20,21)16-24-15(25-17(26-16)23-11-7-22-8-11)13-6-5-10-3-1-2-4-12(10)14(13)9-27/h1-6,9,11,22H,7-8H2,(H,23,24,25,26). The topological polar surface area (TPSA) is 79.8 Å². The number of fused-ring (bicyclic) bond motifs is 1. The summed E-state index contributed by atoms with van der Waals surface area (Å²) >= 11 is 18.0. The second kappa shape index (κ2) is 7.20. The zero-order valence-electron chi connectivity index (χ0n) is 13.9. The van der Waals surface area contributed by atoms with Gasteiger partial charge in [-0.05, 0) is 16.8 Å². The van der Waals surface area contributed by atoms with Crippen LogP contribution in [-0.2, 0) is 3.79 Å². The van der Waals surface area contributed by atoms with Crippen molar-refractivity contribution in [2.75, 3.05) is 18.4 Å². The van der Waals surface area contributed by atoms with Crippen LogP contribution >= 0.6 is 34.8 Å². The van der Waals surface area contributed by atoms with Crippen LogP contribution in [0.4, 0.5) is 5.95 Å². The lowest BCUT2D eigenvalue weighted by Crippen LogP contribution is -2.51. The van der Waals surface area contributed by atoms with Gasteiger partial charge in [0.15, 0.2) is 17.9 Å². The first kappa shape index (κ1) is 18.4. The number of anilines is 1. The minimum atomic E-state index is -1.82. The van der Waals surface area contributed by atoms with E-state index in [0.29, 0.717) is 17.1 Å². The van der Waals surface area contributed by atoms with Crippen molar-refractivity contribution in [2.45, 2.75) is 9.83 Å². The number of hydrogen-bond donors (Lipinski definition) is 2. The summed E-state index contributed by atoms with van der Waals surface area (Å²) in [5.41, 5.74) is 1.03. The molecule has 4 rings (SSSR count). The first-order valence-electron chi connectivity index (χ1n) is 8.23. The number of aldehydes is 1. The first-order chi connectivity index (χ1) is 13.0. The largest absolute Gasteiger partial charge is 0.349 e. The average molecular weight is 423 g/mol. The van der Waals surface area contributed by atoms with Crippen molar-refractivity contribution in [3.05, 3.63) is 47.8 Å². The maximum Gasteiger partial charge on any atom is 0.250 e. The molecule has 1 aromatic heterocycles. The number of nitrogens with zero attached hydrogens (tertiary/aromatic N) is 3. The third-order valence-electron chi connectivity index (χ3n) is 4.33. The van der Waals surface area contributed by atoms with Crippen LogP contribution in [0, 0.1) is 0 Å². The van der Waals surface area contributed by atoms with Crippen molar-refractivity contribution in [1.82, 2.24) is 20.3 Å². The minimum Gasteiger partial charge on any atom is -0.349 e. The zero-order valence-corrected chi connectivity index (χ0v) is 16.2. The highest BCUT2D eigenvalue weighted by Gasteiger charge is 2.30. The number of rotatable bonds is 4. The Morgan fingerprint density at radius 2 is 1.85 bits per heavy atom. The van der Waals surface area contributed by atoms with Gasteiger partial charge in [0.05, 0.1) is 6.04 Å². The third kappa shape index (κ3) is 3.71. The van der Waals surface area contributed by atoms with Crippen LogP contribution in [-0.4, -0.2) is 40.4 Å². The Kier molecular flexibility index (Phi) is 4.90. The van der Waals surface area contributed by atoms with Gasteiger partial charge in [-0.1, -0.05) is 65.1 Å². The second-order valence-corrected chi connectivity index (χ2v) is 8.45. The molecule has 0 saturated carbocycles. The molecule has 0 radical (unpaired) electrons. The van der Waals surface area contributed by atoms with E-state index in [2.05, 4.69) is 25.6 Å². The van der Waals surface area contributed by atoms with Gasteiger partial charge in [-0.15, -0.1) is 0 Å². The lowest BCUT2D eigenvalue weighted by molar-refractivity contribution is 0.112. The van der Waals surface area contributed by atoms with Crippen LogP contribution < -0.4 is 10.6 Å². The summed E-state index contributed by atoms with van der Waals surface area (Å²) in [6.45, 7) is 1.58. The molecule has 1 fully saturated rings. The number of alkyl halides is 3. The number of carbonyl (C=O) groups is 1. The predicted molar refractivity (Wildman–Crippen MR) is 108 cm³/mol. The lowest BCUT2D eigenvalue weighted by Gasteiger charge is -2.28. The molecule has 0 atom stereocenters. The summed E-state index contributed by atoms with van der Waals surface area (Å²) in [6.07, 6.45) is 0.791. The highest BCUT2D eigenvalue weighted by molar-refractivity contribution is 6.66. The van der Waals surface area contributed by atoms with E-state index >= 15 is 0 Å². The van der Waals surface area contributed by atoms with Crippen LogP contribution in [0.1, 0.15) is 16.2 Å². The van der Waals surface area contributed by atoms with Gasteiger partial charge in [0, 0.05) is 24.2 Å². The summed E-state index contributed by atoms with van der Waals surface area (Å²) < 4.78 is -1.82. The summed E-state index contributed by atoms with van der Waals surface area (Å²) in [5, 5.41) is 8.09. The molecule has 2 heterocycles. The van der Waals surface area contributed by atoms with Gasteiger partial charge in [-0.25, -0.2) is 4.98 Å². The molecule has 0 spiro atoms.